The summed E-state index contributed by atoms with van der Waals surface area (Å²) in [5, 5.41) is 7.74. The van der Waals surface area contributed by atoms with Gasteiger partial charge >= 0.3 is 0 Å². The van der Waals surface area contributed by atoms with Gasteiger partial charge in [-0.25, -0.2) is 0 Å². The van der Waals surface area contributed by atoms with E-state index in [1.54, 1.807) is 7.11 Å². The topological polar surface area (TPSA) is 48.9 Å². The molecule has 0 spiro atoms. The van der Waals surface area contributed by atoms with Gasteiger partial charge in [0.05, 0.1) is 12.8 Å². The van der Waals surface area contributed by atoms with Crippen molar-refractivity contribution in [3.8, 4) is 5.75 Å². The molecule has 1 aromatic rings. The number of halogens is 1. The predicted octanol–water partition coefficient (Wildman–Crippen LogP) is 2.50. The number of nitrogens with zero attached hydrogens (tertiary/aromatic N) is 2. The molecular weight excluding hydrogens is 312 g/mol. The van der Waals surface area contributed by atoms with Gasteiger partial charge in [0.25, 0.3) is 0 Å². The van der Waals surface area contributed by atoms with E-state index in [1.165, 1.54) is 6.42 Å². The molecule has 23 heavy (non-hydrogen) atoms. The monoisotopic (exact) mass is 336 g/mol. The molecule has 5 nitrogen and oxygen atoms in total. The summed E-state index contributed by atoms with van der Waals surface area (Å²) in [6.07, 6.45) is 2.30. The molecule has 1 aliphatic carbocycles. The predicted molar refractivity (Wildman–Crippen MR) is 95.8 cm³/mol. The van der Waals surface area contributed by atoms with Crippen LogP contribution in [0.2, 0.25) is 5.02 Å². The molecule has 1 heterocycles. The molecule has 2 fully saturated rings. The average molecular weight is 337 g/mol. The highest BCUT2D eigenvalue weighted by Crippen LogP contribution is 2.33. The lowest BCUT2D eigenvalue weighted by atomic mass is 10.2. The van der Waals surface area contributed by atoms with Crippen molar-refractivity contribution in [1.29, 1.82) is 0 Å². The molecular formula is C17H25ClN4O. The fourth-order valence-electron chi connectivity index (χ4n) is 3.07. The molecule has 2 aliphatic rings. The summed E-state index contributed by atoms with van der Waals surface area (Å²) in [7, 11) is 3.52. The smallest absolute Gasteiger partial charge is 0.191 e. The SMILES string of the molecule is CN=C(NC1CCN(c2cc(Cl)ccc2OC)C1)NC1CC1C. The molecule has 1 aliphatic heterocycles. The summed E-state index contributed by atoms with van der Waals surface area (Å²) >= 11 is 6.15. The number of nitrogens with one attached hydrogen (secondary N) is 2. The first-order valence-corrected chi connectivity index (χ1v) is 8.57. The van der Waals surface area contributed by atoms with Gasteiger partial charge in [-0.1, -0.05) is 18.5 Å². The quantitative estimate of drug-likeness (QED) is 0.655. The molecule has 0 radical (unpaired) electrons. The van der Waals surface area contributed by atoms with Crippen molar-refractivity contribution in [2.24, 2.45) is 10.9 Å². The van der Waals surface area contributed by atoms with E-state index < -0.39 is 0 Å². The van der Waals surface area contributed by atoms with Crippen LogP contribution in [0.5, 0.6) is 5.75 Å². The molecule has 3 rings (SSSR count). The summed E-state index contributed by atoms with van der Waals surface area (Å²) in [6, 6.07) is 6.71. The lowest BCUT2D eigenvalue weighted by Crippen LogP contribution is -2.45. The minimum atomic E-state index is 0.374. The van der Waals surface area contributed by atoms with Crippen LogP contribution in [0, 0.1) is 5.92 Å². The Kier molecular flexibility index (Phi) is 4.85. The second-order valence-corrected chi connectivity index (χ2v) is 6.86. The zero-order chi connectivity index (χ0) is 16.4. The summed E-state index contributed by atoms with van der Waals surface area (Å²) in [4.78, 5) is 6.66. The van der Waals surface area contributed by atoms with Crippen LogP contribution in [-0.2, 0) is 0 Å². The van der Waals surface area contributed by atoms with E-state index in [-0.39, 0.29) is 0 Å². The maximum Gasteiger partial charge on any atom is 0.191 e. The molecule has 3 unspecified atom stereocenters. The fourth-order valence-corrected chi connectivity index (χ4v) is 3.24. The Labute approximate surface area is 143 Å². The van der Waals surface area contributed by atoms with E-state index in [0.29, 0.717) is 12.1 Å². The van der Waals surface area contributed by atoms with E-state index in [4.69, 9.17) is 16.3 Å². The number of aliphatic imine (C=N–C) groups is 1. The summed E-state index contributed by atoms with van der Waals surface area (Å²) in [6.45, 7) is 4.15. The van der Waals surface area contributed by atoms with Crippen molar-refractivity contribution in [2.45, 2.75) is 31.8 Å². The van der Waals surface area contributed by atoms with E-state index in [1.807, 2.05) is 25.2 Å². The number of anilines is 1. The molecule has 2 N–H and O–H groups in total. The van der Waals surface area contributed by atoms with Crippen LogP contribution in [0.1, 0.15) is 19.8 Å². The van der Waals surface area contributed by atoms with Crippen LogP contribution < -0.4 is 20.3 Å². The average Bonchev–Trinajstić information content (AvgIpc) is 3.05. The number of hydrogen-bond donors (Lipinski definition) is 2. The Balaban J connectivity index is 1.61. The molecule has 1 aromatic carbocycles. The highest BCUT2D eigenvalue weighted by atomic mass is 35.5. The van der Waals surface area contributed by atoms with Gasteiger partial charge in [-0.05, 0) is 37.0 Å². The highest BCUT2D eigenvalue weighted by Gasteiger charge is 2.34. The highest BCUT2D eigenvalue weighted by molar-refractivity contribution is 6.30. The third kappa shape index (κ3) is 3.83. The molecule has 0 bridgehead atoms. The lowest BCUT2D eigenvalue weighted by Gasteiger charge is -2.22. The van der Waals surface area contributed by atoms with Gasteiger partial charge in [-0.15, -0.1) is 0 Å². The molecule has 126 valence electrons. The van der Waals surface area contributed by atoms with Crippen LogP contribution >= 0.6 is 11.6 Å². The van der Waals surface area contributed by atoms with Crippen molar-refractivity contribution in [3.05, 3.63) is 23.2 Å². The molecule has 1 saturated carbocycles. The van der Waals surface area contributed by atoms with Gasteiger partial charge in [0.2, 0.25) is 0 Å². The Hall–Kier alpha value is -1.62. The Bertz CT molecular complexity index is 592. The number of ether oxygens (including phenoxy) is 1. The summed E-state index contributed by atoms with van der Waals surface area (Å²) < 4.78 is 5.47. The third-order valence-electron chi connectivity index (χ3n) is 4.67. The molecule has 3 atom stereocenters. The number of guanidine groups is 1. The number of methoxy groups -OCH3 is 1. The van der Waals surface area contributed by atoms with Gasteiger partial charge < -0.3 is 20.3 Å². The molecule has 0 aromatic heterocycles. The van der Waals surface area contributed by atoms with Crippen LogP contribution in [0.25, 0.3) is 0 Å². The van der Waals surface area contributed by atoms with Gasteiger partial charge in [0.1, 0.15) is 5.75 Å². The van der Waals surface area contributed by atoms with Crippen LogP contribution in [0.15, 0.2) is 23.2 Å². The largest absolute Gasteiger partial charge is 0.495 e. The maximum atomic E-state index is 6.15. The van der Waals surface area contributed by atoms with Crippen molar-refractivity contribution >= 4 is 23.2 Å². The second-order valence-electron chi connectivity index (χ2n) is 6.43. The normalized spacial score (nSPS) is 27.0. The van der Waals surface area contributed by atoms with Crippen molar-refractivity contribution in [2.75, 3.05) is 32.1 Å². The Morgan fingerprint density at radius 1 is 1.39 bits per heavy atom. The van der Waals surface area contributed by atoms with E-state index in [2.05, 4.69) is 27.4 Å². The molecule has 6 heteroatoms. The van der Waals surface area contributed by atoms with Crippen molar-refractivity contribution in [3.63, 3.8) is 0 Å². The first kappa shape index (κ1) is 16.2. The van der Waals surface area contributed by atoms with E-state index in [9.17, 15) is 0 Å². The molecule has 0 amide bonds. The third-order valence-corrected chi connectivity index (χ3v) is 4.90. The van der Waals surface area contributed by atoms with E-state index >= 15 is 0 Å². The molecule has 1 saturated heterocycles. The minimum Gasteiger partial charge on any atom is -0.495 e. The zero-order valence-corrected chi connectivity index (χ0v) is 14.7. The van der Waals surface area contributed by atoms with Gasteiger partial charge in [0, 0.05) is 37.2 Å². The minimum absolute atomic E-state index is 0.374. The Morgan fingerprint density at radius 2 is 2.17 bits per heavy atom. The van der Waals surface area contributed by atoms with Gasteiger partial charge in [-0.3, -0.25) is 4.99 Å². The number of benzene rings is 1. The van der Waals surface area contributed by atoms with E-state index in [0.717, 1.165) is 47.8 Å². The van der Waals surface area contributed by atoms with Crippen molar-refractivity contribution < 1.29 is 4.74 Å². The maximum absolute atomic E-state index is 6.15. The van der Waals surface area contributed by atoms with Gasteiger partial charge in [0.15, 0.2) is 5.96 Å². The van der Waals surface area contributed by atoms with Gasteiger partial charge in [-0.2, -0.15) is 0 Å². The summed E-state index contributed by atoms with van der Waals surface area (Å²) in [5.41, 5.74) is 1.06. The number of hydrogen-bond acceptors (Lipinski definition) is 3. The standard InChI is InChI=1S/C17H25ClN4O/c1-11-8-14(11)21-17(19-2)20-13-6-7-22(10-13)15-9-12(18)4-5-16(15)23-3/h4-5,9,11,13-14H,6-8,10H2,1-3H3,(H2,19,20,21). The van der Waals surface area contributed by atoms with Crippen LogP contribution in [0.4, 0.5) is 5.69 Å². The van der Waals surface area contributed by atoms with Crippen LogP contribution in [0.3, 0.4) is 0 Å². The Morgan fingerprint density at radius 3 is 2.83 bits per heavy atom. The first-order chi connectivity index (χ1) is 11.1. The lowest BCUT2D eigenvalue weighted by molar-refractivity contribution is 0.415. The first-order valence-electron chi connectivity index (χ1n) is 8.19. The second kappa shape index (κ2) is 6.87. The van der Waals surface area contributed by atoms with Crippen molar-refractivity contribution in [1.82, 2.24) is 10.6 Å². The fraction of sp³-hybridized carbons (Fsp3) is 0.588. The number of rotatable bonds is 4. The zero-order valence-electron chi connectivity index (χ0n) is 14.0. The van der Waals surface area contributed by atoms with Crippen LogP contribution in [-0.4, -0.2) is 45.3 Å². The summed E-state index contributed by atoms with van der Waals surface area (Å²) in [5.74, 6) is 2.53.